The van der Waals surface area contributed by atoms with E-state index in [1.165, 1.54) is 23.4 Å². The molecule has 0 bridgehead atoms. The van der Waals surface area contributed by atoms with Crippen LogP contribution in [0.2, 0.25) is 0 Å². The Hall–Kier alpha value is -1.62. The lowest BCUT2D eigenvalue weighted by molar-refractivity contribution is 0.414. The molecule has 1 aliphatic carbocycles. The Morgan fingerprint density at radius 3 is 2.72 bits per heavy atom. The highest BCUT2D eigenvalue weighted by Gasteiger charge is 2.27. The van der Waals surface area contributed by atoms with Crippen LogP contribution in [0.5, 0.6) is 5.75 Å². The van der Waals surface area contributed by atoms with Crippen LogP contribution in [-0.2, 0) is 6.54 Å². The number of hydrogen-bond acceptors (Lipinski definition) is 5. The lowest BCUT2D eigenvalue weighted by Gasteiger charge is -2.03. The van der Waals surface area contributed by atoms with E-state index in [-0.39, 0.29) is 0 Å². The summed E-state index contributed by atoms with van der Waals surface area (Å²) in [7, 11) is 1.67. The van der Waals surface area contributed by atoms with Gasteiger partial charge in [-0.05, 0) is 30.5 Å². The molecule has 0 amide bonds. The van der Waals surface area contributed by atoms with Gasteiger partial charge in [-0.1, -0.05) is 23.5 Å². The largest absolute Gasteiger partial charge is 0.497 e. The maximum Gasteiger partial charge on any atom is 0.205 e. The van der Waals surface area contributed by atoms with Crippen molar-refractivity contribution < 1.29 is 4.74 Å². The quantitative estimate of drug-likeness (QED) is 0.898. The van der Waals surface area contributed by atoms with Gasteiger partial charge in [0.25, 0.3) is 0 Å². The van der Waals surface area contributed by atoms with E-state index in [2.05, 4.69) is 27.6 Å². The number of aromatic nitrogens is 2. The Balaban J connectivity index is 1.58. The van der Waals surface area contributed by atoms with Crippen molar-refractivity contribution in [2.24, 2.45) is 0 Å². The van der Waals surface area contributed by atoms with Crippen molar-refractivity contribution in [1.29, 1.82) is 0 Å². The predicted molar refractivity (Wildman–Crippen MR) is 72.2 cm³/mol. The summed E-state index contributed by atoms with van der Waals surface area (Å²) in [6.45, 7) is 0.767. The maximum absolute atomic E-state index is 5.13. The average molecular weight is 261 g/mol. The SMILES string of the molecule is COc1ccc(CNc2nnc(C3CC3)s2)cc1. The first-order chi connectivity index (χ1) is 8.85. The van der Waals surface area contributed by atoms with Gasteiger partial charge < -0.3 is 10.1 Å². The molecule has 1 aromatic heterocycles. The monoisotopic (exact) mass is 261 g/mol. The van der Waals surface area contributed by atoms with Gasteiger partial charge in [-0.2, -0.15) is 0 Å². The highest BCUT2D eigenvalue weighted by molar-refractivity contribution is 7.15. The smallest absolute Gasteiger partial charge is 0.205 e. The fourth-order valence-electron chi connectivity index (χ4n) is 1.72. The molecule has 0 radical (unpaired) electrons. The highest BCUT2D eigenvalue weighted by Crippen LogP contribution is 2.42. The van der Waals surface area contributed by atoms with Crippen molar-refractivity contribution >= 4 is 16.5 Å². The number of nitrogens with one attached hydrogen (secondary N) is 1. The zero-order chi connectivity index (χ0) is 12.4. The number of rotatable bonds is 5. The summed E-state index contributed by atoms with van der Waals surface area (Å²) in [5.74, 6) is 1.56. The summed E-state index contributed by atoms with van der Waals surface area (Å²) in [6.07, 6.45) is 2.54. The maximum atomic E-state index is 5.13. The first kappa shape index (κ1) is 11.5. The topological polar surface area (TPSA) is 47.0 Å². The Bertz CT molecular complexity index is 519. The molecule has 94 valence electrons. The molecule has 0 aliphatic heterocycles. The van der Waals surface area contributed by atoms with Crippen molar-refractivity contribution in [2.75, 3.05) is 12.4 Å². The number of nitrogens with zero attached hydrogens (tertiary/aromatic N) is 2. The van der Waals surface area contributed by atoms with Gasteiger partial charge >= 0.3 is 0 Å². The van der Waals surface area contributed by atoms with Gasteiger partial charge in [0.15, 0.2) is 0 Å². The fourth-order valence-corrected chi connectivity index (χ4v) is 2.63. The summed E-state index contributed by atoms with van der Waals surface area (Å²) < 4.78 is 5.13. The molecule has 4 nitrogen and oxygen atoms in total. The zero-order valence-corrected chi connectivity index (χ0v) is 11.0. The third kappa shape index (κ3) is 2.61. The second-order valence-electron chi connectivity index (χ2n) is 4.42. The number of hydrogen-bond donors (Lipinski definition) is 1. The van der Waals surface area contributed by atoms with Crippen molar-refractivity contribution in [1.82, 2.24) is 10.2 Å². The van der Waals surface area contributed by atoms with Gasteiger partial charge in [0.05, 0.1) is 7.11 Å². The van der Waals surface area contributed by atoms with Gasteiger partial charge in [-0.3, -0.25) is 0 Å². The number of methoxy groups -OCH3 is 1. The molecule has 1 heterocycles. The molecule has 2 aromatic rings. The summed E-state index contributed by atoms with van der Waals surface area (Å²) in [6, 6.07) is 8.03. The second kappa shape index (κ2) is 4.94. The van der Waals surface area contributed by atoms with E-state index >= 15 is 0 Å². The third-order valence-corrected chi connectivity index (χ3v) is 4.01. The van der Waals surface area contributed by atoms with Gasteiger partial charge in [-0.25, -0.2) is 0 Å². The van der Waals surface area contributed by atoms with Gasteiger partial charge in [0.1, 0.15) is 10.8 Å². The zero-order valence-electron chi connectivity index (χ0n) is 10.2. The van der Waals surface area contributed by atoms with Crippen LogP contribution < -0.4 is 10.1 Å². The van der Waals surface area contributed by atoms with Crippen LogP contribution in [0.4, 0.5) is 5.13 Å². The molecule has 0 unspecified atom stereocenters. The lowest BCUT2D eigenvalue weighted by Crippen LogP contribution is -1.98. The Kier molecular flexibility index (Phi) is 3.15. The molecule has 0 atom stereocenters. The normalized spacial score (nSPS) is 14.5. The summed E-state index contributed by atoms with van der Waals surface area (Å²) in [4.78, 5) is 0. The minimum absolute atomic E-state index is 0.680. The van der Waals surface area contributed by atoms with E-state index < -0.39 is 0 Å². The fraction of sp³-hybridized carbons (Fsp3) is 0.385. The third-order valence-electron chi connectivity index (χ3n) is 2.97. The molecule has 3 rings (SSSR count). The molecule has 0 saturated heterocycles. The average Bonchev–Trinajstić information content (AvgIpc) is 3.16. The summed E-state index contributed by atoms with van der Waals surface area (Å²) in [5, 5.41) is 13.8. The summed E-state index contributed by atoms with van der Waals surface area (Å²) >= 11 is 1.67. The van der Waals surface area contributed by atoms with E-state index in [0.717, 1.165) is 17.4 Å². The van der Waals surface area contributed by atoms with Crippen molar-refractivity contribution in [2.45, 2.75) is 25.3 Å². The van der Waals surface area contributed by atoms with Crippen molar-refractivity contribution in [3.8, 4) is 5.75 Å². The van der Waals surface area contributed by atoms with E-state index in [4.69, 9.17) is 4.74 Å². The predicted octanol–water partition coefficient (Wildman–Crippen LogP) is 3.04. The minimum Gasteiger partial charge on any atom is -0.497 e. The molecule has 0 spiro atoms. The summed E-state index contributed by atoms with van der Waals surface area (Å²) in [5.41, 5.74) is 1.21. The Morgan fingerprint density at radius 1 is 1.28 bits per heavy atom. The van der Waals surface area contributed by atoms with Crippen molar-refractivity contribution in [3.63, 3.8) is 0 Å². The molecule has 1 aromatic carbocycles. The molecular formula is C13H15N3OS. The second-order valence-corrected chi connectivity index (χ2v) is 5.43. The molecule has 18 heavy (non-hydrogen) atoms. The van der Waals surface area contributed by atoms with Crippen LogP contribution in [-0.4, -0.2) is 17.3 Å². The van der Waals surface area contributed by atoms with Crippen LogP contribution in [0.3, 0.4) is 0 Å². The van der Waals surface area contributed by atoms with Gasteiger partial charge in [-0.15, -0.1) is 10.2 Å². The molecular weight excluding hydrogens is 246 g/mol. The van der Waals surface area contributed by atoms with E-state index in [1.807, 2.05) is 12.1 Å². The van der Waals surface area contributed by atoms with E-state index in [0.29, 0.717) is 5.92 Å². The van der Waals surface area contributed by atoms with Crippen LogP contribution in [0.15, 0.2) is 24.3 Å². The lowest BCUT2D eigenvalue weighted by atomic mass is 10.2. The Morgan fingerprint density at radius 2 is 2.06 bits per heavy atom. The molecule has 5 heteroatoms. The first-order valence-corrected chi connectivity index (χ1v) is 6.87. The first-order valence-electron chi connectivity index (χ1n) is 6.05. The van der Waals surface area contributed by atoms with Crippen LogP contribution in [0, 0.1) is 0 Å². The Labute approximate surface area is 110 Å². The van der Waals surface area contributed by atoms with Crippen molar-refractivity contribution in [3.05, 3.63) is 34.8 Å². The van der Waals surface area contributed by atoms with E-state index in [9.17, 15) is 0 Å². The van der Waals surface area contributed by atoms with Crippen LogP contribution >= 0.6 is 11.3 Å². The molecule has 1 fully saturated rings. The van der Waals surface area contributed by atoms with E-state index in [1.54, 1.807) is 18.4 Å². The number of ether oxygens (including phenoxy) is 1. The minimum atomic E-state index is 0.680. The van der Waals surface area contributed by atoms with Gasteiger partial charge in [0.2, 0.25) is 5.13 Å². The number of anilines is 1. The van der Waals surface area contributed by atoms with Crippen LogP contribution in [0.1, 0.15) is 29.3 Å². The molecule has 1 aliphatic rings. The molecule has 1 N–H and O–H groups in total. The standard InChI is InChI=1S/C13H15N3OS/c1-17-11-6-2-9(3-7-11)8-14-13-16-15-12(18-13)10-4-5-10/h2-3,6-7,10H,4-5,8H2,1H3,(H,14,16). The molecule has 1 saturated carbocycles. The van der Waals surface area contributed by atoms with Crippen LogP contribution in [0.25, 0.3) is 0 Å². The van der Waals surface area contributed by atoms with Gasteiger partial charge in [0, 0.05) is 12.5 Å². The number of benzene rings is 1. The highest BCUT2D eigenvalue weighted by atomic mass is 32.1.